The molecule has 1 amide bonds. The number of nitrogens with zero attached hydrogens (tertiary/aromatic N) is 1. The number of amides is 1. The summed E-state index contributed by atoms with van der Waals surface area (Å²) in [5.74, 6) is 0.814. The summed E-state index contributed by atoms with van der Waals surface area (Å²) in [6, 6.07) is 7.28. The lowest BCUT2D eigenvalue weighted by molar-refractivity contribution is 0.00844. The highest BCUT2D eigenvalue weighted by Gasteiger charge is 2.23. The van der Waals surface area contributed by atoms with E-state index in [1.54, 1.807) is 7.11 Å². The maximum atomic E-state index is 12.5. The quantitative estimate of drug-likeness (QED) is 0.672. The molecule has 0 aromatic heterocycles. The molecule has 0 spiro atoms. The van der Waals surface area contributed by atoms with Crippen molar-refractivity contribution < 1.29 is 19.0 Å². The average molecular weight is 373 g/mol. The first-order chi connectivity index (χ1) is 11.7. The molecule has 2 N–H and O–H groups in total. The van der Waals surface area contributed by atoms with Crippen LogP contribution in [-0.2, 0) is 9.47 Å². The number of ether oxygens (including phenoxy) is 3. The van der Waals surface area contributed by atoms with Crippen LogP contribution >= 0.6 is 12.4 Å². The van der Waals surface area contributed by atoms with Crippen molar-refractivity contribution >= 4 is 18.3 Å². The molecule has 0 aliphatic carbocycles. The lowest BCUT2D eigenvalue weighted by Crippen LogP contribution is -2.41. The van der Waals surface area contributed by atoms with Crippen molar-refractivity contribution in [2.24, 2.45) is 5.73 Å². The summed E-state index contributed by atoms with van der Waals surface area (Å²) in [5.41, 5.74) is 6.16. The number of halogens is 1. The third-order valence-corrected chi connectivity index (χ3v) is 4.09. The standard InChI is InChI=1S/C18H28N2O4.ClH/c1-22-13-14-24-16-5-3-15(4-6-16)18(21)20-10-7-17(8-11-20)23-12-2-9-19;/h3-6,17H,2,7-14,19H2,1H3;1H. The van der Waals surface area contributed by atoms with E-state index in [-0.39, 0.29) is 24.4 Å². The van der Waals surface area contributed by atoms with Gasteiger partial charge in [0.05, 0.1) is 12.7 Å². The molecule has 0 unspecified atom stereocenters. The fourth-order valence-electron chi connectivity index (χ4n) is 2.68. The van der Waals surface area contributed by atoms with E-state index in [0.717, 1.165) is 38.1 Å². The molecule has 142 valence electrons. The van der Waals surface area contributed by atoms with Crippen molar-refractivity contribution in [3.05, 3.63) is 29.8 Å². The number of piperidine rings is 1. The largest absolute Gasteiger partial charge is 0.491 e. The number of benzene rings is 1. The summed E-state index contributed by atoms with van der Waals surface area (Å²) in [7, 11) is 1.64. The summed E-state index contributed by atoms with van der Waals surface area (Å²) in [6.07, 6.45) is 2.90. The smallest absolute Gasteiger partial charge is 0.253 e. The van der Waals surface area contributed by atoms with Crippen LogP contribution in [0.4, 0.5) is 0 Å². The molecule has 0 saturated carbocycles. The van der Waals surface area contributed by atoms with Gasteiger partial charge in [-0.15, -0.1) is 12.4 Å². The maximum Gasteiger partial charge on any atom is 0.253 e. The molecule has 1 aliphatic rings. The number of rotatable bonds is 9. The predicted octanol–water partition coefficient (Wildman–Crippen LogP) is 2.10. The SMILES string of the molecule is COCCOc1ccc(C(=O)N2CCC(OCCCN)CC2)cc1.Cl. The van der Waals surface area contributed by atoms with E-state index in [0.29, 0.717) is 31.9 Å². The van der Waals surface area contributed by atoms with E-state index in [4.69, 9.17) is 19.9 Å². The van der Waals surface area contributed by atoms with E-state index >= 15 is 0 Å². The number of hydrogen-bond acceptors (Lipinski definition) is 5. The molecule has 0 radical (unpaired) electrons. The third-order valence-electron chi connectivity index (χ3n) is 4.09. The van der Waals surface area contributed by atoms with Crippen LogP contribution < -0.4 is 10.5 Å². The first-order valence-electron chi connectivity index (χ1n) is 8.57. The van der Waals surface area contributed by atoms with E-state index in [2.05, 4.69) is 0 Å². The Balaban J connectivity index is 0.00000312. The van der Waals surface area contributed by atoms with E-state index < -0.39 is 0 Å². The lowest BCUT2D eigenvalue weighted by Gasteiger charge is -2.32. The summed E-state index contributed by atoms with van der Waals surface area (Å²) in [5, 5.41) is 0. The normalized spacial score (nSPS) is 14.9. The molecule has 2 rings (SSSR count). The highest BCUT2D eigenvalue weighted by molar-refractivity contribution is 5.94. The van der Waals surface area contributed by atoms with Gasteiger partial charge in [0.1, 0.15) is 12.4 Å². The zero-order valence-electron chi connectivity index (χ0n) is 14.8. The van der Waals surface area contributed by atoms with Gasteiger partial charge < -0.3 is 24.8 Å². The van der Waals surface area contributed by atoms with Gasteiger partial charge in [0.2, 0.25) is 0 Å². The Labute approximate surface area is 156 Å². The Kier molecular flexibility index (Phi) is 10.5. The highest BCUT2D eigenvalue weighted by atomic mass is 35.5. The molecule has 1 saturated heterocycles. The number of hydrogen-bond donors (Lipinski definition) is 1. The van der Waals surface area contributed by atoms with Crippen LogP contribution in [0, 0.1) is 0 Å². The van der Waals surface area contributed by atoms with Gasteiger partial charge in [-0.3, -0.25) is 4.79 Å². The van der Waals surface area contributed by atoms with Gasteiger partial charge in [-0.25, -0.2) is 0 Å². The first-order valence-corrected chi connectivity index (χ1v) is 8.57. The number of nitrogens with two attached hydrogens (primary N) is 1. The van der Waals surface area contributed by atoms with Gasteiger partial charge >= 0.3 is 0 Å². The van der Waals surface area contributed by atoms with E-state index in [1.165, 1.54) is 0 Å². The van der Waals surface area contributed by atoms with Crippen molar-refractivity contribution in [3.8, 4) is 5.75 Å². The lowest BCUT2D eigenvalue weighted by atomic mass is 10.1. The van der Waals surface area contributed by atoms with Crippen molar-refractivity contribution in [3.63, 3.8) is 0 Å². The zero-order chi connectivity index (χ0) is 17.2. The molecule has 1 aromatic rings. The summed E-state index contributed by atoms with van der Waals surface area (Å²) >= 11 is 0. The van der Waals surface area contributed by atoms with Crippen LogP contribution in [0.3, 0.4) is 0 Å². The molecule has 1 aliphatic heterocycles. The van der Waals surface area contributed by atoms with Crippen LogP contribution in [-0.4, -0.2) is 63.5 Å². The number of carbonyl (C=O) groups is 1. The van der Waals surface area contributed by atoms with Crippen molar-refractivity contribution in [2.75, 3.05) is 46.6 Å². The van der Waals surface area contributed by atoms with Crippen molar-refractivity contribution in [1.82, 2.24) is 4.90 Å². The second-order valence-corrected chi connectivity index (χ2v) is 5.87. The minimum Gasteiger partial charge on any atom is -0.491 e. The number of carbonyl (C=O) groups excluding carboxylic acids is 1. The molecular weight excluding hydrogens is 344 g/mol. The Morgan fingerprint density at radius 3 is 2.44 bits per heavy atom. The average Bonchev–Trinajstić information content (AvgIpc) is 2.63. The Hall–Kier alpha value is -1.34. The number of likely N-dealkylation sites (tertiary alicyclic amines) is 1. The van der Waals surface area contributed by atoms with Gasteiger partial charge in [-0.05, 0) is 50.1 Å². The minimum atomic E-state index is 0. The van der Waals surface area contributed by atoms with Gasteiger partial charge in [0, 0.05) is 32.4 Å². The molecule has 1 heterocycles. The minimum absolute atomic E-state index is 0. The topological polar surface area (TPSA) is 74.0 Å². The zero-order valence-corrected chi connectivity index (χ0v) is 15.6. The molecule has 7 heteroatoms. The monoisotopic (exact) mass is 372 g/mol. The predicted molar refractivity (Wildman–Crippen MR) is 99.6 cm³/mol. The molecule has 25 heavy (non-hydrogen) atoms. The molecule has 1 aromatic carbocycles. The van der Waals surface area contributed by atoms with Crippen LogP contribution in [0.15, 0.2) is 24.3 Å². The summed E-state index contributed by atoms with van der Waals surface area (Å²) in [6.45, 7) is 3.88. The van der Waals surface area contributed by atoms with E-state index in [9.17, 15) is 4.79 Å². The Morgan fingerprint density at radius 2 is 1.84 bits per heavy atom. The van der Waals surface area contributed by atoms with Crippen LogP contribution in [0.5, 0.6) is 5.75 Å². The van der Waals surface area contributed by atoms with Crippen LogP contribution in [0.25, 0.3) is 0 Å². The fraction of sp³-hybridized carbons (Fsp3) is 0.611. The molecule has 1 fully saturated rings. The second kappa shape index (κ2) is 12.1. The highest BCUT2D eigenvalue weighted by Crippen LogP contribution is 2.18. The van der Waals surface area contributed by atoms with Crippen LogP contribution in [0.2, 0.25) is 0 Å². The molecule has 0 bridgehead atoms. The molecule has 0 atom stereocenters. The summed E-state index contributed by atoms with van der Waals surface area (Å²) in [4.78, 5) is 14.4. The molecule has 6 nitrogen and oxygen atoms in total. The Bertz CT molecular complexity index is 490. The summed E-state index contributed by atoms with van der Waals surface area (Å²) < 4.78 is 16.2. The fourth-order valence-corrected chi connectivity index (χ4v) is 2.68. The van der Waals surface area contributed by atoms with Gasteiger partial charge in [0.25, 0.3) is 5.91 Å². The van der Waals surface area contributed by atoms with Gasteiger partial charge in [-0.1, -0.05) is 0 Å². The van der Waals surface area contributed by atoms with Gasteiger partial charge in [0.15, 0.2) is 0 Å². The van der Waals surface area contributed by atoms with Crippen LogP contribution in [0.1, 0.15) is 29.6 Å². The molecular formula is C18H29ClN2O4. The number of methoxy groups -OCH3 is 1. The second-order valence-electron chi connectivity index (χ2n) is 5.87. The maximum absolute atomic E-state index is 12.5. The van der Waals surface area contributed by atoms with E-state index in [1.807, 2.05) is 29.2 Å². The Morgan fingerprint density at radius 1 is 1.16 bits per heavy atom. The van der Waals surface area contributed by atoms with Crippen molar-refractivity contribution in [2.45, 2.75) is 25.4 Å². The third kappa shape index (κ3) is 7.20. The van der Waals surface area contributed by atoms with Gasteiger partial charge in [-0.2, -0.15) is 0 Å². The first kappa shape index (κ1) is 21.7. The van der Waals surface area contributed by atoms with Crippen molar-refractivity contribution in [1.29, 1.82) is 0 Å².